The summed E-state index contributed by atoms with van der Waals surface area (Å²) in [4.78, 5) is 0. The van der Waals surface area contributed by atoms with Gasteiger partial charge in [0, 0.05) is 6.61 Å². The third-order valence-corrected chi connectivity index (χ3v) is 2.43. The molecule has 0 saturated heterocycles. The first-order valence-corrected chi connectivity index (χ1v) is 3.21. The van der Waals surface area contributed by atoms with Crippen LogP contribution in [0.15, 0.2) is 12.2 Å². The van der Waals surface area contributed by atoms with E-state index in [2.05, 4.69) is 12.2 Å². The van der Waals surface area contributed by atoms with Gasteiger partial charge in [-0.25, -0.2) is 0 Å². The van der Waals surface area contributed by atoms with Crippen molar-refractivity contribution in [3.05, 3.63) is 12.2 Å². The Balaban J connectivity index is 1.99. The summed E-state index contributed by atoms with van der Waals surface area (Å²) in [6.07, 6.45) is 5.70. The van der Waals surface area contributed by atoms with Crippen LogP contribution in [0.4, 0.5) is 0 Å². The molecule has 0 bridgehead atoms. The third-order valence-electron chi connectivity index (χ3n) is 2.43. The van der Waals surface area contributed by atoms with Crippen molar-refractivity contribution in [1.82, 2.24) is 0 Å². The predicted molar refractivity (Wildman–Crippen MR) is 31.3 cm³/mol. The number of allylic oxidation sites excluding steroid dienone is 2. The molecule has 2 aliphatic carbocycles. The van der Waals surface area contributed by atoms with E-state index in [-0.39, 0.29) is 0 Å². The molecule has 1 fully saturated rings. The zero-order valence-electron chi connectivity index (χ0n) is 4.75. The summed E-state index contributed by atoms with van der Waals surface area (Å²) in [6.45, 7) is 0.394. The Hall–Kier alpha value is -0.300. The standard InChI is InChI=1S/C7H10O/c8-4-6-3-5-1-2-7(5)6/h1-2,5-8H,3-4H2. The van der Waals surface area contributed by atoms with Crippen LogP contribution < -0.4 is 0 Å². The van der Waals surface area contributed by atoms with Gasteiger partial charge in [-0.05, 0) is 24.2 Å². The molecule has 0 aromatic carbocycles. The van der Waals surface area contributed by atoms with Crippen LogP contribution in [-0.4, -0.2) is 11.7 Å². The van der Waals surface area contributed by atoms with Gasteiger partial charge in [-0.1, -0.05) is 12.2 Å². The molecule has 0 aliphatic heterocycles. The van der Waals surface area contributed by atoms with Crippen molar-refractivity contribution in [1.29, 1.82) is 0 Å². The van der Waals surface area contributed by atoms with Gasteiger partial charge < -0.3 is 5.11 Å². The lowest BCUT2D eigenvalue weighted by Crippen LogP contribution is -2.41. The van der Waals surface area contributed by atoms with Gasteiger partial charge in [-0.2, -0.15) is 0 Å². The fraction of sp³-hybridized carbons (Fsp3) is 0.714. The Morgan fingerprint density at radius 1 is 1.50 bits per heavy atom. The number of hydrogen-bond acceptors (Lipinski definition) is 1. The van der Waals surface area contributed by atoms with Gasteiger partial charge in [0.25, 0.3) is 0 Å². The second kappa shape index (κ2) is 1.35. The van der Waals surface area contributed by atoms with Crippen LogP contribution in [-0.2, 0) is 0 Å². The average molecular weight is 110 g/mol. The highest BCUT2D eigenvalue weighted by molar-refractivity contribution is 5.17. The van der Waals surface area contributed by atoms with Crippen molar-refractivity contribution in [3.8, 4) is 0 Å². The van der Waals surface area contributed by atoms with Crippen LogP contribution >= 0.6 is 0 Å². The van der Waals surface area contributed by atoms with Crippen molar-refractivity contribution >= 4 is 0 Å². The number of rotatable bonds is 1. The van der Waals surface area contributed by atoms with E-state index in [1.807, 2.05) is 0 Å². The van der Waals surface area contributed by atoms with E-state index in [0.29, 0.717) is 12.5 Å². The molecular formula is C7H10O. The van der Waals surface area contributed by atoms with Crippen molar-refractivity contribution in [2.45, 2.75) is 6.42 Å². The smallest absolute Gasteiger partial charge is 0.0465 e. The van der Waals surface area contributed by atoms with Crippen molar-refractivity contribution in [3.63, 3.8) is 0 Å². The fourth-order valence-corrected chi connectivity index (χ4v) is 1.65. The summed E-state index contributed by atoms with van der Waals surface area (Å²) >= 11 is 0. The van der Waals surface area contributed by atoms with E-state index in [4.69, 9.17) is 5.11 Å². The first-order chi connectivity index (χ1) is 3.92. The second-order valence-electron chi connectivity index (χ2n) is 2.80. The monoisotopic (exact) mass is 110 g/mol. The molecule has 2 rings (SSSR count). The predicted octanol–water partition coefficient (Wildman–Crippen LogP) is 0.801. The summed E-state index contributed by atoms with van der Waals surface area (Å²) < 4.78 is 0. The van der Waals surface area contributed by atoms with E-state index < -0.39 is 0 Å². The summed E-state index contributed by atoms with van der Waals surface area (Å²) in [5, 5.41) is 8.67. The molecule has 8 heavy (non-hydrogen) atoms. The number of hydrogen-bond donors (Lipinski definition) is 1. The molecule has 44 valence electrons. The fourth-order valence-electron chi connectivity index (χ4n) is 1.65. The normalized spacial score (nSPS) is 49.4. The minimum absolute atomic E-state index is 0.394. The largest absolute Gasteiger partial charge is 0.396 e. The van der Waals surface area contributed by atoms with Gasteiger partial charge in [0.2, 0.25) is 0 Å². The Morgan fingerprint density at radius 3 is 2.50 bits per heavy atom. The Morgan fingerprint density at radius 2 is 2.38 bits per heavy atom. The molecule has 1 N–H and O–H groups in total. The number of aliphatic hydroxyl groups excluding tert-OH is 1. The number of fused-ring (bicyclic) bond motifs is 1. The highest BCUT2D eigenvalue weighted by Gasteiger charge is 2.41. The zero-order chi connectivity index (χ0) is 5.56. The molecule has 0 radical (unpaired) electrons. The van der Waals surface area contributed by atoms with Crippen LogP contribution in [0.1, 0.15) is 6.42 Å². The molecule has 0 amide bonds. The average Bonchev–Trinajstić information content (AvgIpc) is 1.76. The molecule has 1 nitrogen and oxygen atoms in total. The van der Waals surface area contributed by atoms with Crippen LogP contribution in [0, 0.1) is 17.8 Å². The van der Waals surface area contributed by atoms with Crippen molar-refractivity contribution in [2.75, 3.05) is 6.61 Å². The van der Waals surface area contributed by atoms with Gasteiger partial charge in [-0.3, -0.25) is 0 Å². The Bertz CT molecular complexity index is 128. The maximum absolute atomic E-state index is 8.67. The van der Waals surface area contributed by atoms with E-state index in [0.717, 1.165) is 11.8 Å². The van der Waals surface area contributed by atoms with Crippen LogP contribution in [0.5, 0.6) is 0 Å². The molecule has 3 atom stereocenters. The summed E-state index contributed by atoms with van der Waals surface area (Å²) in [6, 6.07) is 0. The van der Waals surface area contributed by atoms with Crippen molar-refractivity contribution < 1.29 is 5.11 Å². The van der Waals surface area contributed by atoms with E-state index in [9.17, 15) is 0 Å². The van der Waals surface area contributed by atoms with Crippen LogP contribution in [0.25, 0.3) is 0 Å². The van der Waals surface area contributed by atoms with Gasteiger partial charge in [0.15, 0.2) is 0 Å². The van der Waals surface area contributed by atoms with Gasteiger partial charge in [0.1, 0.15) is 0 Å². The zero-order valence-corrected chi connectivity index (χ0v) is 4.75. The van der Waals surface area contributed by atoms with E-state index in [1.165, 1.54) is 6.42 Å². The molecule has 1 heteroatoms. The summed E-state index contributed by atoms with van der Waals surface area (Å²) in [7, 11) is 0. The quantitative estimate of drug-likeness (QED) is 0.495. The second-order valence-corrected chi connectivity index (χ2v) is 2.80. The van der Waals surface area contributed by atoms with Crippen LogP contribution in [0.3, 0.4) is 0 Å². The van der Waals surface area contributed by atoms with Gasteiger partial charge in [-0.15, -0.1) is 0 Å². The highest BCUT2D eigenvalue weighted by Crippen LogP contribution is 2.47. The molecular weight excluding hydrogens is 100 g/mol. The van der Waals surface area contributed by atoms with Crippen LogP contribution in [0.2, 0.25) is 0 Å². The first kappa shape index (κ1) is 4.57. The lowest BCUT2D eigenvalue weighted by Gasteiger charge is -2.46. The van der Waals surface area contributed by atoms with Gasteiger partial charge >= 0.3 is 0 Å². The lowest BCUT2D eigenvalue weighted by molar-refractivity contribution is 0.0605. The Kier molecular flexibility index (Phi) is 0.770. The molecule has 3 unspecified atom stereocenters. The molecule has 1 saturated carbocycles. The SMILES string of the molecule is OCC1CC2C=CC21. The molecule has 0 spiro atoms. The minimum Gasteiger partial charge on any atom is -0.396 e. The molecule has 0 heterocycles. The minimum atomic E-state index is 0.394. The van der Waals surface area contributed by atoms with Gasteiger partial charge in [0.05, 0.1) is 0 Å². The summed E-state index contributed by atoms with van der Waals surface area (Å²) in [5.41, 5.74) is 0. The van der Waals surface area contributed by atoms with Crippen molar-refractivity contribution in [2.24, 2.45) is 17.8 Å². The molecule has 0 aromatic rings. The topological polar surface area (TPSA) is 20.2 Å². The third kappa shape index (κ3) is 0.360. The summed E-state index contributed by atoms with van der Waals surface area (Å²) in [5.74, 6) is 2.23. The first-order valence-electron chi connectivity index (χ1n) is 3.21. The number of aliphatic hydroxyl groups is 1. The molecule has 0 aromatic heterocycles. The lowest BCUT2D eigenvalue weighted by atomic mass is 9.59. The maximum atomic E-state index is 8.67. The Labute approximate surface area is 49.0 Å². The maximum Gasteiger partial charge on any atom is 0.0465 e. The highest BCUT2D eigenvalue weighted by atomic mass is 16.3. The van der Waals surface area contributed by atoms with E-state index >= 15 is 0 Å². The molecule has 2 aliphatic rings. The van der Waals surface area contributed by atoms with E-state index in [1.54, 1.807) is 0 Å².